The van der Waals surface area contributed by atoms with Gasteiger partial charge in [0.05, 0.1) is 11.2 Å². The molecule has 0 radical (unpaired) electrons. The van der Waals surface area contributed by atoms with Crippen LogP contribution in [0.2, 0.25) is 0 Å². The van der Waals surface area contributed by atoms with Crippen molar-refractivity contribution in [1.82, 2.24) is 0 Å². The Morgan fingerprint density at radius 1 is 1.04 bits per heavy atom. The van der Waals surface area contributed by atoms with Crippen LogP contribution in [-0.2, 0) is 14.0 Å². The summed E-state index contributed by atoms with van der Waals surface area (Å²) < 4.78 is 23.3. The predicted molar refractivity (Wildman–Crippen MR) is 103 cm³/mol. The molecule has 3 rings (SSSR count). The van der Waals surface area contributed by atoms with Crippen molar-refractivity contribution in [2.24, 2.45) is 0 Å². The van der Waals surface area contributed by atoms with E-state index in [9.17, 15) is 0 Å². The third kappa shape index (κ3) is 3.63. The number of benzene rings is 1. The molecule has 6 heteroatoms. The lowest BCUT2D eigenvalue weighted by Gasteiger charge is -2.32. The van der Waals surface area contributed by atoms with Crippen LogP contribution in [0.1, 0.15) is 32.6 Å². The maximum atomic E-state index is 6.18. The quantitative estimate of drug-likeness (QED) is 0.597. The van der Waals surface area contributed by atoms with Crippen LogP contribution in [0, 0.1) is 6.92 Å². The fourth-order valence-corrected chi connectivity index (χ4v) is 3.55. The molecule has 0 bridgehead atoms. The Morgan fingerprint density at radius 2 is 1.72 bits per heavy atom. The molecule has 2 aromatic rings. The van der Waals surface area contributed by atoms with Crippen LogP contribution in [0.3, 0.4) is 0 Å². The van der Waals surface area contributed by atoms with Crippen LogP contribution in [0.25, 0.3) is 10.4 Å². The van der Waals surface area contributed by atoms with Crippen LogP contribution in [0.15, 0.2) is 30.3 Å². The molecule has 1 aromatic carbocycles. The minimum absolute atomic E-state index is 0.180. The van der Waals surface area contributed by atoms with Gasteiger partial charge in [0.15, 0.2) is 6.79 Å². The summed E-state index contributed by atoms with van der Waals surface area (Å²) in [7, 11) is 1.15. The maximum Gasteiger partial charge on any atom is 0.498 e. The second kappa shape index (κ2) is 6.76. The number of methoxy groups -OCH3 is 1. The minimum Gasteiger partial charge on any atom is -0.468 e. The van der Waals surface area contributed by atoms with Gasteiger partial charge in [0.1, 0.15) is 5.75 Å². The number of aryl methyl sites for hydroxylation is 1. The molecule has 1 aromatic heterocycles. The lowest BCUT2D eigenvalue weighted by Crippen LogP contribution is -2.41. The highest BCUT2D eigenvalue weighted by Gasteiger charge is 2.52. The van der Waals surface area contributed by atoms with Gasteiger partial charge in [-0.3, -0.25) is 0 Å². The highest BCUT2D eigenvalue weighted by atomic mass is 32.1. The molecule has 1 fully saturated rings. The van der Waals surface area contributed by atoms with Crippen molar-refractivity contribution >= 4 is 23.9 Å². The zero-order chi connectivity index (χ0) is 18.2. The minimum atomic E-state index is -0.462. The molecule has 0 atom stereocenters. The molecule has 4 nitrogen and oxygen atoms in total. The highest BCUT2D eigenvalue weighted by molar-refractivity contribution is 7.15. The van der Waals surface area contributed by atoms with E-state index in [1.807, 2.05) is 39.8 Å². The van der Waals surface area contributed by atoms with E-state index in [2.05, 4.69) is 25.1 Å². The summed E-state index contributed by atoms with van der Waals surface area (Å²) in [6.45, 7) is 10.5. The number of ether oxygens (including phenoxy) is 2. The van der Waals surface area contributed by atoms with Gasteiger partial charge in [0, 0.05) is 22.3 Å². The first-order valence-corrected chi connectivity index (χ1v) is 9.23. The van der Waals surface area contributed by atoms with E-state index in [0.717, 1.165) is 16.8 Å². The molecule has 1 saturated heterocycles. The van der Waals surface area contributed by atoms with Gasteiger partial charge in [-0.15, -0.1) is 11.3 Å². The van der Waals surface area contributed by atoms with Gasteiger partial charge in [-0.05, 0) is 58.4 Å². The molecule has 2 heterocycles. The van der Waals surface area contributed by atoms with Gasteiger partial charge in [-0.25, -0.2) is 0 Å². The van der Waals surface area contributed by atoms with E-state index in [4.69, 9.17) is 18.8 Å². The van der Waals surface area contributed by atoms with Crippen LogP contribution in [0.5, 0.6) is 5.75 Å². The van der Waals surface area contributed by atoms with Crippen molar-refractivity contribution in [2.75, 3.05) is 13.9 Å². The Hall–Kier alpha value is -1.34. The average Bonchev–Trinajstić information content (AvgIpc) is 3.06. The SMILES string of the molecule is COCOc1cc(-c2ccc(C)s2)ccc1B1OC(C)(C)C(C)(C)O1. The molecule has 0 saturated carbocycles. The summed E-state index contributed by atoms with van der Waals surface area (Å²) in [4.78, 5) is 2.49. The van der Waals surface area contributed by atoms with E-state index in [1.54, 1.807) is 18.4 Å². The third-order valence-electron chi connectivity index (χ3n) is 4.88. The summed E-state index contributed by atoms with van der Waals surface area (Å²) in [5, 5.41) is 0. The van der Waals surface area contributed by atoms with Crippen LogP contribution in [-0.4, -0.2) is 32.2 Å². The molecular formula is C19H25BO4S. The Morgan fingerprint density at radius 3 is 2.28 bits per heavy atom. The Bertz CT molecular complexity index is 738. The molecular weight excluding hydrogens is 335 g/mol. The second-order valence-corrected chi connectivity index (χ2v) is 8.59. The Kier molecular flexibility index (Phi) is 4.99. The van der Waals surface area contributed by atoms with Crippen molar-refractivity contribution < 1.29 is 18.8 Å². The lowest BCUT2D eigenvalue weighted by atomic mass is 9.78. The normalized spacial score (nSPS) is 18.6. The van der Waals surface area contributed by atoms with Crippen molar-refractivity contribution in [1.29, 1.82) is 0 Å². The first kappa shape index (κ1) is 18.5. The van der Waals surface area contributed by atoms with Crippen LogP contribution < -0.4 is 10.2 Å². The van der Waals surface area contributed by atoms with Gasteiger partial charge >= 0.3 is 7.12 Å². The van der Waals surface area contributed by atoms with E-state index in [-0.39, 0.29) is 18.0 Å². The summed E-state index contributed by atoms with van der Waals surface area (Å²) in [6, 6.07) is 10.4. The van der Waals surface area contributed by atoms with Crippen molar-refractivity contribution in [3.63, 3.8) is 0 Å². The molecule has 134 valence electrons. The lowest BCUT2D eigenvalue weighted by molar-refractivity contribution is 0.00578. The topological polar surface area (TPSA) is 36.9 Å². The summed E-state index contributed by atoms with van der Waals surface area (Å²) in [6.07, 6.45) is 0. The standard InChI is InChI=1S/C19H25BO4S/c1-13-7-10-17(25-13)14-8-9-15(16(11-14)22-12-21-6)20-23-18(2,3)19(4,5)24-20/h7-11H,12H2,1-6H3. The fourth-order valence-electron chi connectivity index (χ4n) is 2.69. The van der Waals surface area contributed by atoms with E-state index in [0.29, 0.717) is 0 Å². The number of rotatable bonds is 5. The molecule has 0 spiro atoms. The maximum absolute atomic E-state index is 6.18. The van der Waals surface area contributed by atoms with E-state index in [1.165, 1.54) is 9.75 Å². The zero-order valence-corrected chi connectivity index (χ0v) is 16.5. The van der Waals surface area contributed by atoms with Gasteiger partial charge in [-0.2, -0.15) is 0 Å². The van der Waals surface area contributed by atoms with Crippen molar-refractivity contribution in [2.45, 2.75) is 45.8 Å². The average molecular weight is 360 g/mol. The highest BCUT2D eigenvalue weighted by Crippen LogP contribution is 2.38. The molecule has 1 aliphatic rings. The third-order valence-corrected chi connectivity index (χ3v) is 5.93. The largest absolute Gasteiger partial charge is 0.498 e. The fraction of sp³-hybridized carbons (Fsp3) is 0.474. The van der Waals surface area contributed by atoms with Crippen molar-refractivity contribution in [3.05, 3.63) is 35.2 Å². The number of hydrogen-bond donors (Lipinski definition) is 0. The molecule has 1 aliphatic heterocycles. The molecule has 0 aliphatic carbocycles. The van der Waals surface area contributed by atoms with Gasteiger partial charge in [-0.1, -0.05) is 12.1 Å². The Balaban J connectivity index is 1.96. The Labute approximate surface area is 154 Å². The van der Waals surface area contributed by atoms with Gasteiger partial charge in [0.2, 0.25) is 0 Å². The molecule has 0 N–H and O–H groups in total. The van der Waals surface area contributed by atoms with Gasteiger partial charge < -0.3 is 18.8 Å². The number of thiophene rings is 1. The molecule has 0 amide bonds. The molecule has 0 unspecified atom stereocenters. The molecule has 25 heavy (non-hydrogen) atoms. The zero-order valence-electron chi connectivity index (χ0n) is 15.7. The first-order chi connectivity index (χ1) is 11.7. The predicted octanol–water partition coefficient (Wildman–Crippen LogP) is 4.01. The first-order valence-electron chi connectivity index (χ1n) is 8.42. The van der Waals surface area contributed by atoms with Crippen LogP contribution >= 0.6 is 11.3 Å². The summed E-state index contributed by atoms with van der Waals surface area (Å²) in [5.41, 5.74) is 1.22. The smallest absolute Gasteiger partial charge is 0.468 e. The van der Waals surface area contributed by atoms with E-state index < -0.39 is 7.12 Å². The van der Waals surface area contributed by atoms with E-state index >= 15 is 0 Å². The van der Waals surface area contributed by atoms with Crippen LogP contribution in [0.4, 0.5) is 0 Å². The summed E-state index contributed by atoms with van der Waals surface area (Å²) in [5.74, 6) is 0.726. The monoisotopic (exact) mass is 360 g/mol. The summed E-state index contributed by atoms with van der Waals surface area (Å²) >= 11 is 1.76. The number of hydrogen-bond acceptors (Lipinski definition) is 5. The van der Waals surface area contributed by atoms with Crippen molar-refractivity contribution in [3.8, 4) is 16.2 Å². The van der Waals surface area contributed by atoms with Gasteiger partial charge in [0.25, 0.3) is 0 Å². The second-order valence-electron chi connectivity index (χ2n) is 7.30.